The van der Waals surface area contributed by atoms with E-state index < -0.39 is 10.0 Å². The summed E-state index contributed by atoms with van der Waals surface area (Å²) in [6, 6.07) is 7.32. The summed E-state index contributed by atoms with van der Waals surface area (Å²) in [6.07, 6.45) is 2.89. The fourth-order valence-corrected chi connectivity index (χ4v) is 5.16. The fraction of sp³-hybridized carbons (Fsp3) is 0.333. The highest BCUT2D eigenvalue weighted by Gasteiger charge is 2.40. The molecule has 9 heteroatoms. The molecule has 126 valence electrons. The summed E-state index contributed by atoms with van der Waals surface area (Å²) in [5.74, 6) is 0.657. The van der Waals surface area contributed by atoms with Gasteiger partial charge in [0.2, 0.25) is 5.03 Å². The van der Waals surface area contributed by atoms with E-state index in [9.17, 15) is 8.42 Å². The smallest absolute Gasteiger partial charge is 0.264 e. The van der Waals surface area contributed by atoms with Gasteiger partial charge >= 0.3 is 0 Å². The molecule has 1 unspecified atom stereocenters. The lowest BCUT2D eigenvalue weighted by atomic mass is 10.2. The van der Waals surface area contributed by atoms with E-state index in [1.807, 2.05) is 24.3 Å². The second kappa shape index (κ2) is 5.58. The van der Waals surface area contributed by atoms with Crippen molar-refractivity contribution >= 4 is 32.7 Å². The minimum Gasteiger partial charge on any atom is -0.341 e. The Hall–Kier alpha value is -1.90. The third kappa shape index (κ3) is 2.33. The van der Waals surface area contributed by atoms with Gasteiger partial charge in [0.1, 0.15) is 11.0 Å². The van der Waals surface area contributed by atoms with Gasteiger partial charge in [0.25, 0.3) is 10.0 Å². The quantitative estimate of drug-likeness (QED) is 0.772. The lowest BCUT2D eigenvalue weighted by molar-refractivity contribution is 0.384. The highest BCUT2D eigenvalue weighted by Crippen LogP contribution is 2.37. The first-order chi connectivity index (χ1) is 11.5. The van der Waals surface area contributed by atoms with Crippen LogP contribution in [-0.2, 0) is 17.1 Å². The predicted octanol–water partition coefficient (Wildman–Crippen LogP) is 2.48. The van der Waals surface area contributed by atoms with Gasteiger partial charge in [0.05, 0.1) is 23.4 Å². The molecule has 0 spiro atoms. The van der Waals surface area contributed by atoms with Crippen molar-refractivity contribution < 1.29 is 8.42 Å². The Balaban J connectivity index is 1.76. The van der Waals surface area contributed by atoms with Crippen LogP contribution in [-0.4, -0.2) is 38.8 Å². The molecule has 24 heavy (non-hydrogen) atoms. The number of aromatic nitrogens is 4. The van der Waals surface area contributed by atoms with Crippen molar-refractivity contribution in [3.63, 3.8) is 0 Å². The van der Waals surface area contributed by atoms with Gasteiger partial charge in [0, 0.05) is 13.6 Å². The number of imidazole rings is 2. The summed E-state index contributed by atoms with van der Waals surface area (Å²) in [7, 11) is -2.11. The monoisotopic (exact) mass is 365 g/mol. The Morgan fingerprint density at radius 1 is 1.33 bits per heavy atom. The van der Waals surface area contributed by atoms with Crippen LogP contribution in [0.1, 0.15) is 24.7 Å². The van der Waals surface area contributed by atoms with E-state index in [4.69, 9.17) is 11.6 Å². The number of H-pyrrole nitrogens is 1. The SMILES string of the molecule is Cn1cnc(S(=O)(=O)N2CCCC2c2nc3ccccc3[nH]2)c1Cl. The molecule has 0 radical (unpaired) electrons. The molecule has 0 aliphatic carbocycles. The topological polar surface area (TPSA) is 83.9 Å². The summed E-state index contributed by atoms with van der Waals surface area (Å²) in [4.78, 5) is 11.8. The minimum atomic E-state index is -3.77. The summed E-state index contributed by atoms with van der Waals surface area (Å²) in [6.45, 7) is 0.428. The molecule has 0 bridgehead atoms. The molecule has 0 saturated carbocycles. The maximum absolute atomic E-state index is 13.0. The number of hydrogen-bond donors (Lipinski definition) is 1. The van der Waals surface area contributed by atoms with E-state index in [2.05, 4.69) is 15.0 Å². The van der Waals surface area contributed by atoms with Gasteiger partial charge in [-0.25, -0.2) is 18.4 Å². The third-order valence-electron chi connectivity index (χ3n) is 4.31. The molecule has 1 fully saturated rings. The number of nitrogens with zero attached hydrogens (tertiary/aromatic N) is 4. The zero-order valence-corrected chi connectivity index (χ0v) is 14.5. The maximum Gasteiger partial charge on any atom is 0.264 e. The van der Waals surface area contributed by atoms with Crippen molar-refractivity contribution in [3.8, 4) is 0 Å². The van der Waals surface area contributed by atoms with E-state index in [-0.39, 0.29) is 16.2 Å². The molecule has 0 amide bonds. The number of aromatic amines is 1. The number of halogens is 1. The van der Waals surface area contributed by atoms with Gasteiger partial charge in [-0.2, -0.15) is 4.31 Å². The lowest BCUT2D eigenvalue weighted by Crippen LogP contribution is -2.31. The number of sulfonamides is 1. The first-order valence-electron chi connectivity index (χ1n) is 7.62. The average Bonchev–Trinajstić information content (AvgIpc) is 3.26. The molecule has 3 heterocycles. The van der Waals surface area contributed by atoms with E-state index in [0.717, 1.165) is 17.5 Å². The Bertz CT molecular complexity index is 977. The zero-order valence-electron chi connectivity index (χ0n) is 13.0. The molecule has 1 aromatic carbocycles. The maximum atomic E-state index is 13.0. The van der Waals surface area contributed by atoms with Crippen LogP contribution in [0.25, 0.3) is 11.0 Å². The van der Waals surface area contributed by atoms with Crippen molar-refractivity contribution in [2.75, 3.05) is 6.54 Å². The number of benzene rings is 1. The van der Waals surface area contributed by atoms with Crippen LogP contribution in [0.2, 0.25) is 5.15 Å². The Morgan fingerprint density at radius 2 is 2.12 bits per heavy atom. The summed E-state index contributed by atoms with van der Waals surface area (Å²) >= 11 is 6.10. The van der Waals surface area contributed by atoms with Crippen LogP contribution < -0.4 is 0 Å². The van der Waals surface area contributed by atoms with Crippen LogP contribution in [0.3, 0.4) is 0 Å². The van der Waals surface area contributed by atoms with Gasteiger partial charge in [0.15, 0.2) is 0 Å². The highest BCUT2D eigenvalue weighted by molar-refractivity contribution is 7.89. The standard InChI is InChI=1S/C15H16ClN5O2S/c1-20-9-17-15(13(20)16)24(22,23)21-8-4-7-12(21)14-18-10-5-2-3-6-11(10)19-14/h2-3,5-6,9,12H,4,7-8H2,1H3,(H,18,19). The zero-order chi connectivity index (χ0) is 16.9. The van der Waals surface area contributed by atoms with Crippen LogP contribution in [0.5, 0.6) is 0 Å². The Labute approximate surface area is 144 Å². The highest BCUT2D eigenvalue weighted by atomic mass is 35.5. The molecule has 3 aromatic rings. The molecule has 1 atom stereocenters. The fourth-order valence-electron chi connectivity index (χ4n) is 3.11. The van der Waals surface area contributed by atoms with Crippen LogP contribution >= 0.6 is 11.6 Å². The van der Waals surface area contributed by atoms with E-state index in [1.54, 1.807) is 7.05 Å². The van der Waals surface area contributed by atoms with Crippen LogP contribution in [0, 0.1) is 0 Å². The van der Waals surface area contributed by atoms with Crippen molar-refractivity contribution in [1.82, 2.24) is 23.8 Å². The van der Waals surface area contributed by atoms with Gasteiger partial charge in [-0.3, -0.25) is 0 Å². The summed E-state index contributed by atoms with van der Waals surface area (Å²) < 4.78 is 28.9. The van der Waals surface area contributed by atoms with Gasteiger partial charge in [-0.1, -0.05) is 23.7 Å². The molecule has 4 rings (SSSR count). The van der Waals surface area contributed by atoms with Crippen molar-refractivity contribution in [1.29, 1.82) is 0 Å². The largest absolute Gasteiger partial charge is 0.341 e. The molecular formula is C15H16ClN5O2S. The number of para-hydroxylation sites is 2. The lowest BCUT2D eigenvalue weighted by Gasteiger charge is -2.21. The number of rotatable bonds is 3. The van der Waals surface area contributed by atoms with Crippen molar-refractivity contribution in [2.45, 2.75) is 23.9 Å². The van der Waals surface area contributed by atoms with E-state index in [0.29, 0.717) is 18.8 Å². The molecule has 2 aromatic heterocycles. The molecule has 1 N–H and O–H groups in total. The van der Waals surface area contributed by atoms with Gasteiger partial charge in [-0.05, 0) is 25.0 Å². The number of aryl methyl sites for hydroxylation is 1. The Morgan fingerprint density at radius 3 is 2.83 bits per heavy atom. The van der Waals surface area contributed by atoms with Gasteiger partial charge in [-0.15, -0.1) is 0 Å². The van der Waals surface area contributed by atoms with Crippen LogP contribution in [0.4, 0.5) is 0 Å². The molecule has 1 aliphatic rings. The first-order valence-corrected chi connectivity index (χ1v) is 9.43. The minimum absolute atomic E-state index is 0.102. The number of nitrogens with one attached hydrogen (secondary N) is 1. The van der Waals surface area contributed by atoms with Gasteiger partial charge < -0.3 is 9.55 Å². The second-order valence-corrected chi connectivity index (χ2v) is 8.03. The van der Waals surface area contributed by atoms with Crippen molar-refractivity contribution in [2.24, 2.45) is 7.05 Å². The summed E-state index contributed by atoms with van der Waals surface area (Å²) in [5.41, 5.74) is 1.72. The average molecular weight is 366 g/mol. The first kappa shape index (κ1) is 15.6. The number of hydrogen-bond acceptors (Lipinski definition) is 4. The third-order valence-corrected chi connectivity index (χ3v) is 6.71. The van der Waals surface area contributed by atoms with Crippen LogP contribution in [0.15, 0.2) is 35.6 Å². The van der Waals surface area contributed by atoms with Crippen molar-refractivity contribution in [3.05, 3.63) is 41.6 Å². The normalized spacial score (nSPS) is 19.3. The van der Waals surface area contributed by atoms with E-state index >= 15 is 0 Å². The number of fused-ring (bicyclic) bond motifs is 1. The Kier molecular flexibility index (Phi) is 3.63. The second-order valence-electron chi connectivity index (χ2n) is 5.86. The molecule has 1 saturated heterocycles. The summed E-state index contributed by atoms with van der Waals surface area (Å²) in [5, 5.41) is 0.0138. The molecular weight excluding hydrogens is 350 g/mol. The predicted molar refractivity (Wildman–Crippen MR) is 90.2 cm³/mol. The molecule has 7 nitrogen and oxygen atoms in total. The van der Waals surface area contributed by atoms with E-state index in [1.165, 1.54) is 15.2 Å². The molecule has 1 aliphatic heterocycles.